The molecule has 3 aliphatic heterocycles. The predicted molar refractivity (Wildman–Crippen MR) is 186 cm³/mol. The number of hydrogen-bond acceptors (Lipinski definition) is 9. The Kier molecular flexibility index (Phi) is 12.4. The lowest BCUT2D eigenvalue weighted by molar-refractivity contribution is -0.110. The summed E-state index contributed by atoms with van der Waals surface area (Å²) in [7, 11) is -4.15. The number of nitrogens with one attached hydrogen (secondary N) is 2. The van der Waals surface area contributed by atoms with Crippen molar-refractivity contribution in [2.75, 3.05) is 44.7 Å². The number of benzene rings is 2. The molecule has 5 atom stereocenters. The van der Waals surface area contributed by atoms with Gasteiger partial charge in [0.25, 0.3) is 5.91 Å². The Morgan fingerprint density at radius 1 is 1.10 bits per heavy atom. The molecule has 2 aromatic carbocycles. The van der Waals surface area contributed by atoms with E-state index in [-0.39, 0.29) is 55.0 Å². The van der Waals surface area contributed by atoms with Crippen molar-refractivity contribution in [2.24, 2.45) is 11.8 Å². The number of carbonyl (C=O) groups excluding carboxylic acids is 2. The maximum absolute atomic E-state index is 14.3. The van der Waals surface area contributed by atoms with Crippen LogP contribution in [0.3, 0.4) is 0 Å². The van der Waals surface area contributed by atoms with Gasteiger partial charge in [-0.25, -0.2) is 13.2 Å². The van der Waals surface area contributed by atoms with E-state index in [1.54, 1.807) is 6.07 Å². The number of sulfonamides is 1. The first-order valence-corrected chi connectivity index (χ1v) is 18.8. The van der Waals surface area contributed by atoms with Crippen molar-refractivity contribution in [3.8, 4) is 0 Å². The van der Waals surface area contributed by atoms with E-state index >= 15 is 0 Å². The summed E-state index contributed by atoms with van der Waals surface area (Å²) in [5.74, 6) is -0.399. The monoisotopic (exact) mass is 698 g/mol. The van der Waals surface area contributed by atoms with Gasteiger partial charge in [-0.1, -0.05) is 58.0 Å². The second kappa shape index (κ2) is 16.5. The number of fused-ring (bicyclic) bond motifs is 2. The van der Waals surface area contributed by atoms with Crippen molar-refractivity contribution < 1.29 is 37.3 Å². The molecule has 0 bridgehead atoms. The highest BCUT2D eigenvalue weighted by Gasteiger charge is 2.44. The fourth-order valence-electron chi connectivity index (χ4n) is 6.64. The number of amides is 2. The fraction of sp³-hybridized carbons (Fsp3) is 0.556. The minimum Gasteiger partial charge on any atom is -0.443 e. The van der Waals surface area contributed by atoms with Crippen LogP contribution in [0.25, 0.3) is 5.57 Å². The molecule has 3 N–H and O–H groups in total. The van der Waals surface area contributed by atoms with Gasteiger partial charge in [0.05, 0.1) is 41.7 Å². The number of hydrogen-bond donors (Lipinski definition) is 3. The van der Waals surface area contributed by atoms with Crippen LogP contribution in [-0.2, 0) is 35.4 Å². The summed E-state index contributed by atoms with van der Waals surface area (Å²) in [5, 5.41) is 17.3. The number of anilines is 1. The van der Waals surface area contributed by atoms with Crippen LogP contribution in [0.15, 0.2) is 59.6 Å². The SMILES string of the molecule is CCCN(/C=C1/C(=O)Nc2ccc(S(=O)(=O)N(CC(C)C)CC(O)C(Cc3ccccc3)NC(=O)OC3COC4OCCC34)cc21)CCC. The van der Waals surface area contributed by atoms with Crippen LogP contribution in [0.1, 0.15) is 58.1 Å². The molecule has 0 aromatic heterocycles. The van der Waals surface area contributed by atoms with Crippen LogP contribution < -0.4 is 10.6 Å². The molecule has 2 aromatic rings. The molecule has 0 aliphatic carbocycles. The lowest BCUT2D eigenvalue weighted by Crippen LogP contribution is -2.51. The summed E-state index contributed by atoms with van der Waals surface area (Å²) in [5.41, 5.74) is 2.34. The first kappa shape index (κ1) is 36.8. The van der Waals surface area contributed by atoms with Crippen molar-refractivity contribution in [1.82, 2.24) is 14.5 Å². The van der Waals surface area contributed by atoms with Crippen LogP contribution >= 0.6 is 0 Å². The molecular weight excluding hydrogens is 648 g/mol. The van der Waals surface area contributed by atoms with E-state index in [0.717, 1.165) is 37.9 Å². The molecule has 5 rings (SSSR count). The van der Waals surface area contributed by atoms with Crippen LogP contribution in [0.2, 0.25) is 0 Å². The quantitative estimate of drug-likeness (QED) is 0.220. The van der Waals surface area contributed by atoms with Gasteiger partial charge in [-0.2, -0.15) is 4.31 Å². The van der Waals surface area contributed by atoms with Crippen LogP contribution in [0.5, 0.6) is 0 Å². The van der Waals surface area contributed by atoms with Crippen LogP contribution in [-0.4, -0.2) is 98.7 Å². The van der Waals surface area contributed by atoms with Gasteiger partial charge in [0.15, 0.2) is 6.29 Å². The van der Waals surface area contributed by atoms with E-state index in [1.165, 1.54) is 16.4 Å². The zero-order valence-electron chi connectivity index (χ0n) is 28.8. The normalized spacial score (nSPS) is 22.2. The fourth-order valence-corrected chi connectivity index (χ4v) is 8.29. The molecule has 0 saturated carbocycles. The Balaban J connectivity index is 1.38. The van der Waals surface area contributed by atoms with Crippen LogP contribution in [0, 0.1) is 11.8 Å². The maximum Gasteiger partial charge on any atom is 0.407 e. The molecule has 268 valence electrons. The molecule has 12 nitrogen and oxygen atoms in total. The Morgan fingerprint density at radius 2 is 1.84 bits per heavy atom. The molecule has 3 aliphatic rings. The summed E-state index contributed by atoms with van der Waals surface area (Å²) < 4.78 is 46.7. The number of ether oxygens (including phenoxy) is 3. The average Bonchev–Trinajstić information content (AvgIpc) is 3.76. The van der Waals surface area contributed by atoms with Gasteiger partial charge < -0.3 is 34.9 Å². The standard InChI is InChI=1S/C36H50N4O8S/c1-5-15-39(16-6-2)21-29-28-19-26(12-13-30(28)37-34(29)42)49(44,45)40(20-24(3)4)22-32(41)31(18-25-10-8-7-9-11-25)38-36(43)48-33-23-47-35-27(33)14-17-46-35/h7-13,19,21,24,27,31-33,35,41H,5-6,14-18,20,22-23H2,1-4H3,(H,37,42)(H,38,43)/b29-21+. The molecule has 5 unspecified atom stereocenters. The molecule has 2 amide bonds. The summed E-state index contributed by atoms with van der Waals surface area (Å²) in [6.45, 7) is 10.1. The largest absolute Gasteiger partial charge is 0.443 e. The van der Waals surface area contributed by atoms with Gasteiger partial charge in [0, 0.05) is 43.6 Å². The second-order valence-corrected chi connectivity index (χ2v) is 15.4. The average molecular weight is 699 g/mol. The van der Waals surface area contributed by atoms with Crippen molar-refractivity contribution in [2.45, 2.75) is 82.8 Å². The number of aliphatic hydroxyl groups is 1. The summed E-state index contributed by atoms with van der Waals surface area (Å²) in [4.78, 5) is 28.3. The zero-order valence-corrected chi connectivity index (χ0v) is 29.7. The highest BCUT2D eigenvalue weighted by atomic mass is 32.2. The lowest BCUT2D eigenvalue weighted by Gasteiger charge is -2.31. The Bertz CT molecular complexity index is 1580. The van der Waals surface area contributed by atoms with Gasteiger partial charge in [-0.05, 0) is 55.4 Å². The predicted octanol–water partition coefficient (Wildman–Crippen LogP) is 4.21. The van der Waals surface area contributed by atoms with E-state index in [4.69, 9.17) is 14.2 Å². The van der Waals surface area contributed by atoms with E-state index in [0.29, 0.717) is 23.4 Å². The zero-order chi connectivity index (χ0) is 35.1. The van der Waals surface area contributed by atoms with E-state index in [1.807, 2.05) is 50.4 Å². The first-order chi connectivity index (χ1) is 23.5. The third-order valence-corrected chi connectivity index (χ3v) is 10.8. The number of carbonyl (C=O) groups is 2. The molecule has 0 spiro atoms. The Labute approximate surface area is 289 Å². The Hall–Kier alpha value is -3.49. The summed E-state index contributed by atoms with van der Waals surface area (Å²) >= 11 is 0. The van der Waals surface area contributed by atoms with Gasteiger partial charge in [0.2, 0.25) is 10.0 Å². The third kappa shape index (κ3) is 9.01. The molecular formula is C36H50N4O8S. The van der Waals surface area contributed by atoms with Crippen LogP contribution in [0.4, 0.5) is 10.5 Å². The van der Waals surface area contributed by atoms with Crippen molar-refractivity contribution >= 4 is 33.3 Å². The number of aliphatic hydroxyl groups excluding tert-OH is 1. The Morgan fingerprint density at radius 3 is 2.53 bits per heavy atom. The first-order valence-electron chi connectivity index (χ1n) is 17.3. The molecule has 3 heterocycles. The smallest absolute Gasteiger partial charge is 0.407 e. The third-order valence-electron chi connectivity index (χ3n) is 9.01. The maximum atomic E-state index is 14.3. The number of rotatable bonds is 16. The van der Waals surface area contributed by atoms with Gasteiger partial charge in [-0.3, -0.25) is 4.79 Å². The van der Waals surface area contributed by atoms with Crippen molar-refractivity contribution in [1.29, 1.82) is 0 Å². The van der Waals surface area contributed by atoms with Gasteiger partial charge in [-0.15, -0.1) is 0 Å². The lowest BCUT2D eigenvalue weighted by atomic mass is 10.0. The molecule has 2 saturated heterocycles. The minimum atomic E-state index is -4.15. The molecule has 0 radical (unpaired) electrons. The number of nitrogens with zero attached hydrogens (tertiary/aromatic N) is 2. The minimum absolute atomic E-state index is 0.0144. The highest BCUT2D eigenvalue weighted by molar-refractivity contribution is 7.89. The van der Waals surface area contributed by atoms with Crippen molar-refractivity contribution in [3.05, 3.63) is 65.9 Å². The second-order valence-electron chi connectivity index (χ2n) is 13.4. The summed E-state index contributed by atoms with van der Waals surface area (Å²) in [6.07, 6.45) is 1.74. The van der Waals surface area contributed by atoms with E-state index < -0.39 is 34.4 Å². The van der Waals surface area contributed by atoms with Gasteiger partial charge >= 0.3 is 6.09 Å². The topological polar surface area (TPSA) is 147 Å². The molecule has 13 heteroatoms. The van der Waals surface area contributed by atoms with E-state index in [9.17, 15) is 23.1 Å². The molecule has 2 fully saturated rings. The number of alkyl carbamates (subject to hydrolysis) is 1. The highest BCUT2D eigenvalue weighted by Crippen LogP contribution is 2.35. The van der Waals surface area contributed by atoms with Crippen molar-refractivity contribution in [3.63, 3.8) is 0 Å². The molecule has 49 heavy (non-hydrogen) atoms. The van der Waals surface area contributed by atoms with Gasteiger partial charge in [0.1, 0.15) is 6.10 Å². The van der Waals surface area contributed by atoms with E-state index in [2.05, 4.69) is 29.4 Å². The summed E-state index contributed by atoms with van der Waals surface area (Å²) in [6, 6.07) is 13.1.